The van der Waals surface area contributed by atoms with Crippen molar-refractivity contribution in [3.63, 3.8) is 0 Å². The number of carboxylic acid groups (broad SMARTS) is 1. The summed E-state index contributed by atoms with van der Waals surface area (Å²) in [6.45, 7) is 0.952. The van der Waals surface area contributed by atoms with Gasteiger partial charge >= 0.3 is 5.97 Å². The van der Waals surface area contributed by atoms with Gasteiger partial charge in [-0.1, -0.05) is 12.1 Å². The smallest absolute Gasteiger partial charge is 0.328 e. The first-order valence-electron chi connectivity index (χ1n) is 9.92. The van der Waals surface area contributed by atoms with Crippen LogP contribution in [0.15, 0.2) is 24.3 Å². The second-order valence-corrected chi connectivity index (χ2v) is 7.49. The van der Waals surface area contributed by atoms with Crippen molar-refractivity contribution in [3.05, 3.63) is 29.8 Å². The third-order valence-electron chi connectivity index (χ3n) is 5.04. The Morgan fingerprint density at radius 3 is 2.35 bits per heavy atom. The summed E-state index contributed by atoms with van der Waals surface area (Å²) >= 11 is 0. The lowest BCUT2D eigenvalue weighted by atomic mass is 10.0. The molecule has 11 heteroatoms. The highest BCUT2D eigenvalue weighted by Gasteiger charge is 2.39. The van der Waals surface area contributed by atoms with Crippen LogP contribution >= 0.6 is 0 Å². The first kappa shape index (κ1) is 24.1. The van der Waals surface area contributed by atoms with E-state index in [0.29, 0.717) is 18.4 Å². The van der Waals surface area contributed by atoms with Gasteiger partial charge in [0.25, 0.3) is 0 Å². The van der Waals surface area contributed by atoms with Gasteiger partial charge in [-0.05, 0) is 37.5 Å². The fourth-order valence-corrected chi connectivity index (χ4v) is 3.33. The van der Waals surface area contributed by atoms with E-state index in [0.717, 1.165) is 0 Å². The third kappa shape index (κ3) is 6.40. The molecule has 0 bridgehead atoms. The minimum Gasteiger partial charge on any atom is -0.508 e. The molecule has 0 unspecified atom stereocenters. The number of rotatable bonds is 9. The van der Waals surface area contributed by atoms with E-state index < -0.39 is 54.5 Å². The number of aliphatic hydroxyl groups excluding tert-OH is 1. The molecule has 1 aliphatic rings. The maximum absolute atomic E-state index is 13.3. The molecule has 31 heavy (non-hydrogen) atoms. The molecule has 0 spiro atoms. The number of phenols is 1. The zero-order chi connectivity index (χ0) is 23.1. The lowest BCUT2D eigenvalue weighted by Crippen LogP contribution is -2.57. The number of hydrogen-bond donors (Lipinski definition) is 6. The van der Waals surface area contributed by atoms with Gasteiger partial charge in [-0.25, -0.2) is 4.79 Å². The number of benzene rings is 1. The Hall–Kier alpha value is -3.18. The average molecular weight is 436 g/mol. The third-order valence-corrected chi connectivity index (χ3v) is 5.04. The largest absolute Gasteiger partial charge is 0.508 e. The van der Waals surface area contributed by atoms with Crippen molar-refractivity contribution in [2.45, 2.75) is 50.4 Å². The number of nitrogens with one attached hydrogen (secondary N) is 2. The fraction of sp³-hybridized carbons (Fsp3) is 0.500. The van der Waals surface area contributed by atoms with Crippen molar-refractivity contribution in [2.75, 3.05) is 13.2 Å². The maximum atomic E-state index is 13.3. The Morgan fingerprint density at radius 2 is 1.81 bits per heavy atom. The number of phenolic OH excluding ortho intramolecular Hbond substituents is 1. The summed E-state index contributed by atoms with van der Waals surface area (Å²) in [6, 6.07) is 1.87. The Balaban J connectivity index is 2.20. The summed E-state index contributed by atoms with van der Waals surface area (Å²) in [5.41, 5.74) is 6.29. The van der Waals surface area contributed by atoms with E-state index in [9.17, 15) is 24.3 Å². The number of aliphatic carboxylic acids is 1. The number of hydrogen-bond acceptors (Lipinski definition) is 7. The van der Waals surface area contributed by atoms with E-state index in [4.69, 9.17) is 15.9 Å². The van der Waals surface area contributed by atoms with Crippen molar-refractivity contribution >= 4 is 23.7 Å². The number of likely N-dealkylation sites (tertiary alicyclic amines) is 1. The first-order chi connectivity index (χ1) is 14.6. The zero-order valence-corrected chi connectivity index (χ0v) is 17.2. The number of carbonyl (C=O) groups is 4. The standard InChI is InChI=1S/C20H28N4O7/c1-11(21)17(27)22-14(9-12-4-6-13(26)7-5-12)19(29)24-8-2-3-16(24)18(28)23-15(10-25)20(30)31/h4-7,11,14-16,25-26H,2-3,8-10,21H2,1H3,(H,22,27)(H,23,28)(H,30,31)/t11-,14-,15-,16-/m0/s1. The van der Waals surface area contributed by atoms with Crippen LogP contribution in [0.25, 0.3) is 0 Å². The molecule has 7 N–H and O–H groups in total. The molecular weight excluding hydrogens is 408 g/mol. The molecule has 170 valence electrons. The van der Waals surface area contributed by atoms with Crippen molar-refractivity contribution in [1.82, 2.24) is 15.5 Å². The fourth-order valence-electron chi connectivity index (χ4n) is 3.33. The minimum atomic E-state index is -1.48. The topological polar surface area (TPSA) is 182 Å². The second-order valence-electron chi connectivity index (χ2n) is 7.49. The molecular formula is C20H28N4O7. The van der Waals surface area contributed by atoms with Crippen molar-refractivity contribution < 1.29 is 34.5 Å². The lowest BCUT2D eigenvalue weighted by molar-refractivity contribution is -0.145. The predicted molar refractivity (Wildman–Crippen MR) is 109 cm³/mol. The van der Waals surface area contributed by atoms with Crippen molar-refractivity contribution in [1.29, 1.82) is 0 Å². The molecule has 1 fully saturated rings. The second kappa shape index (κ2) is 10.7. The maximum Gasteiger partial charge on any atom is 0.328 e. The average Bonchev–Trinajstić information content (AvgIpc) is 3.22. The van der Waals surface area contributed by atoms with Gasteiger partial charge in [0, 0.05) is 13.0 Å². The van der Waals surface area contributed by atoms with E-state index in [-0.39, 0.29) is 18.7 Å². The van der Waals surface area contributed by atoms with E-state index in [1.54, 1.807) is 12.1 Å². The van der Waals surface area contributed by atoms with Gasteiger partial charge in [0.15, 0.2) is 0 Å². The molecule has 0 saturated carbocycles. The van der Waals surface area contributed by atoms with Crippen LogP contribution in [-0.4, -0.2) is 81.2 Å². The first-order valence-corrected chi connectivity index (χ1v) is 9.92. The van der Waals surface area contributed by atoms with Gasteiger partial charge in [0.1, 0.15) is 23.9 Å². The molecule has 4 atom stereocenters. The van der Waals surface area contributed by atoms with Crippen LogP contribution in [0, 0.1) is 0 Å². The van der Waals surface area contributed by atoms with Crippen molar-refractivity contribution in [3.8, 4) is 5.75 Å². The highest BCUT2D eigenvalue weighted by atomic mass is 16.4. The number of nitrogens with two attached hydrogens (primary N) is 1. The normalized spacial score (nSPS) is 18.7. The quantitative estimate of drug-likeness (QED) is 0.265. The SMILES string of the molecule is C[C@H](N)C(=O)N[C@@H](Cc1ccc(O)cc1)C(=O)N1CCC[C@H]1C(=O)N[C@@H](CO)C(=O)O. The van der Waals surface area contributed by atoms with E-state index in [1.807, 2.05) is 0 Å². The Kier molecular flexibility index (Phi) is 8.34. The highest BCUT2D eigenvalue weighted by Crippen LogP contribution is 2.20. The molecule has 0 aliphatic carbocycles. The van der Waals surface area contributed by atoms with Crippen LogP contribution in [-0.2, 0) is 25.6 Å². The summed E-state index contributed by atoms with van der Waals surface area (Å²) in [5, 5.41) is 32.4. The van der Waals surface area contributed by atoms with E-state index in [2.05, 4.69) is 10.6 Å². The molecule has 3 amide bonds. The Bertz CT molecular complexity index is 812. The highest BCUT2D eigenvalue weighted by molar-refractivity contribution is 5.94. The van der Waals surface area contributed by atoms with Crippen LogP contribution in [0.5, 0.6) is 5.75 Å². The van der Waals surface area contributed by atoms with Crippen molar-refractivity contribution in [2.24, 2.45) is 5.73 Å². The van der Waals surface area contributed by atoms with Gasteiger partial charge in [0.05, 0.1) is 12.6 Å². The summed E-state index contributed by atoms with van der Waals surface area (Å²) < 4.78 is 0. The van der Waals surface area contributed by atoms with Gasteiger partial charge in [0.2, 0.25) is 17.7 Å². The predicted octanol–water partition coefficient (Wildman–Crippen LogP) is -1.68. The van der Waals surface area contributed by atoms with Crippen LogP contribution in [0.1, 0.15) is 25.3 Å². The molecule has 1 saturated heterocycles. The van der Waals surface area contributed by atoms with Gasteiger partial charge in [-0.3, -0.25) is 14.4 Å². The van der Waals surface area contributed by atoms with Gasteiger partial charge in [-0.15, -0.1) is 0 Å². The monoisotopic (exact) mass is 436 g/mol. The number of carboxylic acids is 1. The molecule has 11 nitrogen and oxygen atoms in total. The molecule has 2 rings (SSSR count). The Labute approximate surface area is 179 Å². The lowest BCUT2D eigenvalue weighted by Gasteiger charge is -2.29. The number of carbonyl (C=O) groups excluding carboxylic acids is 3. The minimum absolute atomic E-state index is 0.0550. The molecule has 1 aromatic rings. The van der Waals surface area contributed by atoms with Crippen LogP contribution in [0.4, 0.5) is 0 Å². The van der Waals surface area contributed by atoms with Crippen LogP contribution in [0.2, 0.25) is 0 Å². The molecule has 1 aromatic carbocycles. The van der Waals surface area contributed by atoms with Crippen LogP contribution < -0.4 is 16.4 Å². The number of aromatic hydroxyl groups is 1. The zero-order valence-electron chi connectivity index (χ0n) is 17.2. The number of amides is 3. The van der Waals surface area contributed by atoms with Crippen LogP contribution in [0.3, 0.4) is 0 Å². The Morgan fingerprint density at radius 1 is 1.16 bits per heavy atom. The van der Waals surface area contributed by atoms with E-state index >= 15 is 0 Å². The summed E-state index contributed by atoms with van der Waals surface area (Å²) in [7, 11) is 0. The number of aliphatic hydroxyl groups is 1. The van der Waals surface area contributed by atoms with E-state index in [1.165, 1.54) is 24.0 Å². The summed E-state index contributed by atoms with van der Waals surface area (Å²) in [5.74, 6) is -3.06. The molecule has 0 aromatic heterocycles. The van der Waals surface area contributed by atoms with Gasteiger partial charge in [-0.2, -0.15) is 0 Å². The molecule has 1 heterocycles. The molecule has 0 radical (unpaired) electrons. The molecule has 1 aliphatic heterocycles. The number of nitrogens with zero attached hydrogens (tertiary/aromatic N) is 1. The summed E-state index contributed by atoms with van der Waals surface area (Å²) in [4.78, 5) is 50.4. The van der Waals surface area contributed by atoms with Gasteiger partial charge < -0.3 is 36.6 Å². The summed E-state index contributed by atoms with van der Waals surface area (Å²) in [6.07, 6.45) is 0.952.